The Kier molecular flexibility index (Phi) is 5.42. The van der Waals surface area contributed by atoms with E-state index in [0.29, 0.717) is 5.75 Å². The number of amides is 1. The van der Waals surface area contributed by atoms with Crippen molar-refractivity contribution in [3.63, 3.8) is 0 Å². The molecule has 23 heavy (non-hydrogen) atoms. The fraction of sp³-hybridized carbons (Fsp3) is 0.444. The van der Waals surface area contributed by atoms with Gasteiger partial charge in [0.1, 0.15) is 5.69 Å². The number of aryl methyl sites for hydroxylation is 3. The van der Waals surface area contributed by atoms with Crippen LogP contribution < -0.4 is 10.1 Å². The van der Waals surface area contributed by atoms with Gasteiger partial charge in [0.2, 0.25) is 0 Å². The van der Waals surface area contributed by atoms with E-state index in [-0.39, 0.29) is 18.6 Å². The second kappa shape index (κ2) is 7.31. The molecule has 1 aromatic heterocycles. The van der Waals surface area contributed by atoms with Crippen LogP contribution in [0, 0.1) is 13.8 Å². The van der Waals surface area contributed by atoms with E-state index < -0.39 is 0 Å². The number of carbonyl (C=O) groups excluding carboxylic acids is 1. The molecule has 0 saturated carbocycles. The van der Waals surface area contributed by atoms with E-state index in [9.17, 15) is 4.79 Å². The van der Waals surface area contributed by atoms with E-state index >= 15 is 0 Å². The van der Waals surface area contributed by atoms with Crippen molar-refractivity contribution in [1.82, 2.24) is 15.1 Å². The lowest BCUT2D eigenvalue weighted by molar-refractivity contribution is -0.123. The fourth-order valence-corrected chi connectivity index (χ4v) is 2.51. The molecule has 1 N–H and O–H groups in total. The van der Waals surface area contributed by atoms with Crippen molar-refractivity contribution in [3.8, 4) is 5.75 Å². The lowest BCUT2D eigenvalue weighted by Gasteiger charge is -2.15. The molecule has 5 heteroatoms. The number of aromatic nitrogens is 2. The van der Waals surface area contributed by atoms with E-state index in [1.165, 1.54) is 5.56 Å². The molecule has 0 aliphatic heterocycles. The average molecular weight is 315 g/mol. The highest BCUT2D eigenvalue weighted by Crippen LogP contribution is 2.21. The molecule has 0 aliphatic rings. The molecule has 1 atom stereocenters. The van der Waals surface area contributed by atoms with Gasteiger partial charge in [0.05, 0.1) is 11.7 Å². The van der Waals surface area contributed by atoms with Crippen molar-refractivity contribution < 1.29 is 9.53 Å². The molecule has 1 aromatic carbocycles. The summed E-state index contributed by atoms with van der Waals surface area (Å²) >= 11 is 0. The summed E-state index contributed by atoms with van der Waals surface area (Å²) in [4.78, 5) is 12.1. The molecule has 0 aliphatic carbocycles. The van der Waals surface area contributed by atoms with E-state index in [1.54, 1.807) is 4.68 Å². The lowest BCUT2D eigenvalue weighted by atomic mass is 10.1. The van der Waals surface area contributed by atoms with Crippen LogP contribution in [0.4, 0.5) is 0 Å². The van der Waals surface area contributed by atoms with Crippen molar-refractivity contribution >= 4 is 5.91 Å². The number of hydrogen-bond acceptors (Lipinski definition) is 3. The van der Waals surface area contributed by atoms with E-state index in [1.807, 2.05) is 27.8 Å². The number of carbonyl (C=O) groups is 1. The summed E-state index contributed by atoms with van der Waals surface area (Å²) in [5.74, 6) is 0.544. The van der Waals surface area contributed by atoms with Gasteiger partial charge in [-0.3, -0.25) is 9.48 Å². The predicted octanol–water partition coefficient (Wildman–Crippen LogP) is 2.86. The molecule has 0 spiro atoms. The summed E-state index contributed by atoms with van der Waals surface area (Å²) in [5, 5.41) is 7.23. The molecular formula is C18H25N3O2. The smallest absolute Gasteiger partial charge is 0.258 e. The summed E-state index contributed by atoms with van der Waals surface area (Å²) in [6.07, 6.45) is 1.01. The van der Waals surface area contributed by atoms with Gasteiger partial charge in [-0.25, -0.2) is 0 Å². The highest BCUT2D eigenvalue weighted by atomic mass is 16.5. The van der Waals surface area contributed by atoms with Gasteiger partial charge in [0.15, 0.2) is 12.4 Å². The number of hydrogen-bond donors (Lipinski definition) is 1. The molecule has 0 saturated heterocycles. The summed E-state index contributed by atoms with van der Waals surface area (Å²) < 4.78 is 7.38. The summed E-state index contributed by atoms with van der Waals surface area (Å²) in [6.45, 7) is 7.88. The van der Waals surface area contributed by atoms with Crippen LogP contribution in [-0.2, 0) is 18.3 Å². The van der Waals surface area contributed by atoms with Gasteiger partial charge in [-0.2, -0.15) is 5.10 Å². The molecule has 0 bridgehead atoms. The van der Waals surface area contributed by atoms with Crippen LogP contribution in [0.3, 0.4) is 0 Å². The predicted molar refractivity (Wildman–Crippen MR) is 90.6 cm³/mol. The Balaban J connectivity index is 1.91. The molecule has 1 amide bonds. The standard InChI is InChI=1S/C18H25N3O2/c1-6-15-7-9-16(10-8-15)12(2)19-17(22)11-23-18-13(3)20-21(5)14(18)4/h7-10,12H,6,11H2,1-5H3,(H,19,22)/t12-/m1/s1. The molecule has 2 aromatic rings. The van der Waals surface area contributed by atoms with Crippen molar-refractivity contribution in [2.24, 2.45) is 7.05 Å². The zero-order valence-corrected chi connectivity index (χ0v) is 14.5. The van der Waals surface area contributed by atoms with Crippen LogP contribution in [0.25, 0.3) is 0 Å². The van der Waals surface area contributed by atoms with E-state index in [4.69, 9.17) is 4.74 Å². The third-order valence-electron chi connectivity index (χ3n) is 4.06. The van der Waals surface area contributed by atoms with Gasteiger partial charge in [0, 0.05) is 7.05 Å². The Hall–Kier alpha value is -2.30. The molecule has 0 fully saturated rings. The summed E-state index contributed by atoms with van der Waals surface area (Å²) in [6, 6.07) is 8.25. The maximum Gasteiger partial charge on any atom is 0.258 e. The van der Waals surface area contributed by atoms with Crippen LogP contribution in [0.15, 0.2) is 24.3 Å². The number of nitrogens with zero attached hydrogens (tertiary/aromatic N) is 2. The fourth-order valence-electron chi connectivity index (χ4n) is 2.51. The van der Waals surface area contributed by atoms with Crippen molar-refractivity contribution in [3.05, 3.63) is 46.8 Å². The summed E-state index contributed by atoms with van der Waals surface area (Å²) in [5.41, 5.74) is 4.09. The monoisotopic (exact) mass is 315 g/mol. The van der Waals surface area contributed by atoms with Gasteiger partial charge >= 0.3 is 0 Å². The molecular weight excluding hydrogens is 290 g/mol. The second-order valence-electron chi connectivity index (χ2n) is 5.80. The topological polar surface area (TPSA) is 56.1 Å². The molecule has 124 valence electrons. The molecule has 0 radical (unpaired) electrons. The molecule has 1 heterocycles. The van der Waals surface area contributed by atoms with Gasteiger partial charge in [-0.1, -0.05) is 31.2 Å². The van der Waals surface area contributed by atoms with Gasteiger partial charge in [0.25, 0.3) is 5.91 Å². The highest BCUT2D eigenvalue weighted by Gasteiger charge is 2.14. The third-order valence-corrected chi connectivity index (χ3v) is 4.06. The van der Waals surface area contributed by atoms with Crippen LogP contribution in [0.5, 0.6) is 5.75 Å². The Morgan fingerprint density at radius 2 is 1.96 bits per heavy atom. The zero-order chi connectivity index (χ0) is 17.0. The van der Waals surface area contributed by atoms with E-state index in [2.05, 4.69) is 41.6 Å². The van der Waals surface area contributed by atoms with E-state index in [0.717, 1.165) is 23.4 Å². The van der Waals surface area contributed by atoms with Crippen LogP contribution in [-0.4, -0.2) is 22.3 Å². The zero-order valence-electron chi connectivity index (χ0n) is 14.5. The minimum Gasteiger partial charge on any atom is -0.480 e. The first-order chi connectivity index (χ1) is 10.9. The molecule has 5 nitrogen and oxygen atoms in total. The minimum atomic E-state index is -0.139. The number of nitrogens with one attached hydrogen (secondary N) is 1. The SMILES string of the molecule is CCc1ccc([C@@H](C)NC(=O)COc2c(C)nn(C)c2C)cc1. The quantitative estimate of drug-likeness (QED) is 0.892. The maximum absolute atomic E-state index is 12.1. The first kappa shape index (κ1) is 17.1. The largest absolute Gasteiger partial charge is 0.480 e. The van der Waals surface area contributed by atoms with Crippen molar-refractivity contribution in [2.75, 3.05) is 6.61 Å². The number of ether oxygens (including phenoxy) is 1. The minimum absolute atomic E-state index is 0.00917. The van der Waals surface area contributed by atoms with Crippen molar-refractivity contribution in [2.45, 2.75) is 40.2 Å². The molecule has 0 unspecified atom stereocenters. The number of rotatable bonds is 6. The van der Waals surface area contributed by atoms with Gasteiger partial charge in [-0.15, -0.1) is 0 Å². The van der Waals surface area contributed by atoms with Crippen LogP contribution in [0.2, 0.25) is 0 Å². The van der Waals surface area contributed by atoms with Crippen LogP contribution in [0.1, 0.15) is 42.4 Å². The Morgan fingerprint density at radius 3 is 2.48 bits per heavy atom. The summed E-state index contributed by atoms with van der Waals surface area (Å²) in [7, 11) is 1.86. The average Bonchev–Trinajstić information content (AvgIpc) is 2.78. The van der Waals surface area contributed by atoms with Crippen LogP contribution >= 0.6 is 0 Å². The van der Waals surface area contributed by atoms with Gasteiger partial charge < -0.3 is 10.1 Å². The first-order valence-corrected chi connectivity index (χ1v) is 7.93. The van der Waals surface area contributed by atoms with Gasteiger partial charge in [-0.05, 0) is 38.3 Å². The normalized spacial score (nSPS) is 12.0. The lowest BCUT2D eigenvalue weighted by Crippen LogP contribution is -2.31. The Labute approximate surface area is 137 Å². The Morgan fingerprint density at radius 1 is 1.30 bits per heavy atom. The Bertz CT molecular complexity index is 674. The maximum atomic E-state index is 12.1. The first-order valence-electron chi connectivity index (χ1n) is 7.93. The third kappa shape index (κ3) is 4.12. The number of benzene rings is 1. The van der Waals surface area contributed by atoms with Crippen molar-refractivity contribution in [1.29, 1.82) is 0 Å². The molecule has 2 rings (SSSR count). The highest BCUT2D eigenvalue weighted by molar-refractivity contribution is 5.78. The second-order valence-corrected chi connectivity index (χ2v) is 5.80.